The number of amidine groups is 1. The number of phenols is 1. The molecule has 122 valence electrons. The van der Waals surface area contributed by atoms with Crippen LogP contribution >= 0.6 is 0 Å². The minimum absolute atomic E-state index is 0.253. The highest BCUT2D eigenvalue weighted by Crippen LogP contribution is 2.29. The first kappa shape index (κ1) is 15.8. The first-order valence-electron chi connectivity index (χ1n) is 7.69. The number of nitrogens with one attached hydrogen (secondary N) is 1. The van der Waals surface area contributed by atoms with Crippen LogP contribution in [-0.2, 0) is 6.54 Å². The Morgan fingerprint density at radius 1 is 1.33 bits per heavy atom. The summed E-state index contributed by atoms with van der Waals surface area (Å²) in [7, 11) is 3.89. The Morgan fingerprint density at radius 2 is 2.08 bits per heavy atom. The largest absolute Gasteiger partial charge is 0.508 e. The van der Waals surface area contributed by atoms with Crippen LogP contribution in [0.5, 0.6) is 5.75 Å². The fraction of sp³-hybridized carbons (Fsp3) is 0.158. The maximum Gasteiger partial charge on any atom is 0.136 e. The van der Waals surface area contributed by atoms with Crippen molar-refractivity contribution >= 4 is 11.4 Å². The van der Waals surface area contributed by atoms with E-state index in [4.69, 9.17) is 0 Å². The molecule has 0 unspecified atom stereocenters. The lowest BCUT2D eigenvalue weighted by molar-refractivity contribution is 0.475. The predicted octanol–water partition coefficient (Wildman–Crippen LogP) is 2.73. The molecular formula is C19H20N4O. The average molecular weight is 320 g/mol. The van der Waals surface area contributed by atoms with Gasteiger partial charge in [-0.25, -0.2) is 4.99 Å². The van der Waals surface area contributed by atoms with E-state index in [9.17, 15) is 5.11 Å². The third-order valence-corrected chi connectivity index (χ3v) is 3.85. The van der Waals surface area contributed by atoms with Gasteiger partial charge in [-0.15, -0.1) is 0 Å². The van der Waals surface area contributed by atoms with Gasteiger partial charge in [0.1, 0.15) is 11.6 Å². The number of phenolic OH excluding ortho intramolecular Hbond substituents is 1. The fourth-order valence-electron chi connectivity index (χ4n) is 2.73. The Kier molecular flexibility index (Phi) is 4.33. The van der Waals surface area contributed by atoms with Crippen LogP contribution in [0.2, 0.25) is 0 Å². The Morgan fingerprint density at radius 3 is 2.75 bits per heavy atom. The molecule has 0 aliphatic carbocycles. The molecule has 0 amide bonds. The fourth-order valence-corrected chi connectivity index (χ4v) is 2.73. The van der Waals surface area contributed by atoms with Gasteiger partial charge in [0.05, 0.1) is 12.2 Å². The van der Waals surface area contributed by atoms with Gasteiger partial charge < -0.3 is 15.3 Å². The Hall–Kier alpha value is -3.08. The topological polar surface area (TPSA) is 60.8 Å². The minimum atomic E-state index is 0.253. The second-order valence-corrected chi connectivity index (χ2v) is 5.73. The normalized spacial score (nSPS) is 13.6. The molecule has 2 N–H and O–H groups in total. The maximum absolute atomic E-state index is 9.51. The number of aliphatic imine (C=N–C) groups is 1. The lowest BCUT2D eigenvalue weighted by atomic mass is 9.94. The summed E-state index contributed by atoms with van der Waals surface area (Å²) in [5, 5.41) is 12.8. The Balaban J connectivity index is 2.09. The van der Waals surface area contributed by atoms with Crippen molar-refractivity contribution in [2.75, 3.05) is 14.1 Å². The molecule has 0 atom stereocenters. The zero-order valence-corrected chi connectivity index (χ0v) is 13.8. The summed E-state index contributed by atoms with van der Waals surface area (Å²) in [5.74, 6) is 1.06. The monoisotopic (exact) mass is 320 g/mol. The van der Waals surface area contributed by atoms with Gasteiger partial charge in [0.25, 0.3) is 0 Å². The Bertz CT molecular complexity index is 820. The SMILES string of the molecule is C=CN=C(c1cnc2c(c1)C(c1ccc(O)cc1)=CNC2)N(C)C. The van der Waals surface area contributed by atoms with Crippen molar-refractivity contribution in [2.24, 2.45) is 4.99 Å². The first-order valence-corrected chi connectivity index (χ1v) is 7.69. The van der Waals surface area contributed by atoms with E-state index in [1.807, 2.05) is 43.5 Å². The summed E-state index contributed by atoms with van der Waals surface area (Å²) in [4.78, 5) is 10.9. The van der Waals surface area contributed by atoms with Crippen LogP contribution in [-0.4, -0.2) is 34.9 Å². The van der Waals surface area contributed by atoms with E-state index in [0.717, 1.165) is 33.8 Å². The molecule has 2 heterocycles. The minimum Gasteiger partial charge on any atom is -0.508 e. The second-order valence-electron chi connectivity index (χ2n) is 5.73. The molecule has 0 bridgehead atoms. The van der Waals surface area contributed by atoms with Gasteiger partial charge in [-0.1, -0.05) is 18.7 Å². The van der Waals surface area contributed by atoms with Gasteiger partial charge in [0, 0.05) is 49.4 Å². The molecule has 0 spiro atoms. The van der Waals surface area contributed by atoms with Gasteiger partial charge >= 0.3 is 0 Å². The van der Waals surface area contributed by atoms with E-state index in [0.29, 0.717) is 6.54 Å². The summed E-state index contributed by atoms with van der Waals surface area (Å²) in [6.45, 7) is 4.37. The van der Waals surface area contributed by atoms with Gasteiger partial charge in [0.2, 0.25) is 0 Å². The highest BCUT2D eigenvalue weighted by molar-refractivity contribution is 5.99. The van der Waals surface area contributed by atoms with Crippen molar-refractivity contribution in [3.63, 3.8) is 0 Å². The molecule has 3 rings (SSSR count). The molecular weight excluding hydrogens is 300 g/mol. The molecule has 0 fully saturated rings. The molecule has 24 heavy (non-hydrogen) atoms. The van der Waals surface area contributed by atoms with Crippen LogP contribution in [0.25, 0.3) is 5.57 Å². The van der Waals surface area contributed by atoms with Gasteiger partial charge in [-0.05, 0) is 23.8 Å². The number of nitrogens with zero attached hydrogens (tertiary/aromatic N) is 3. The molecule has 5 heteroatoms. The quantitative estimate of drug-likeness (QED) is 0.674. The summed E-state index contributed by atoms with van der Waals surface area (Å²) >= 11 is 0. The summed E-state index contributed by atoms with van der Waals surface area (Å²) < 4.78 is 0. The number of aromatic nitrogens is 1. The first-order chi connectivity index (χ1) is 11.6. The summed E-state index contributed by atoms with van der Waals surface area (Å²) in [5.41, 5.74) is 5.05. The zero-order valence-electron chi connectivity index (χ0n) is 13.8. The van der Waals surface area contributed by atoms with Crippen molar-refractivity contribution in [1.29, 1.82) is 0 Å². The second kappa shape index (κ2) is 6.58. The van der Waals surface area contributed by atoms with Crippen LogP contribution in [0.1, 0.15) is 22.4 Å². The number of rotatable bonds is 3. The van der Waals surface area contributed by atoms with E-state index in [-0.39, 0.29) is 5.75 Å². The van der Waals surface area contributed by atoms with E-state index >= 15 is 0 Å². The number of hydrogen-bond donors (Lipinski definition) is 2. The number of benzene rings is 1. The predicted molar refractivity (Wildman–Crippen MR) is 96.7 cm³/mol. The van der Waals surface area contributed by atoms with Crippen LogP contribution in [0.3, 0.4) is 0 Å². The highest BCUT2D eigenvalue weighted by atomic mass is 16.3. The van der Waals surface area contributed by atoms with Gasteiger partial charge in [-0.3, -0.25) is 4.98 Å². The zero-order chi connectivity index (χ0) is 17.1. The van der Waals surface area contributed by atoms with Crippen molar-refractivity contribution in [3.8, 4) is 5.75 Å². The number of fused-ring (bicyclic) bond motifs is 1. The molecule has 1 aromatic carbocycles. The molecule has 0 radical (unpaired) electrons. The molecule has 2 aromatic rings. The molecule has 0 saturated carbocycles. The number of pyridine rings is 1. The Labute approximate surface area is 141 Å². The maximum atomic E-state index is 9.51. The van der Waals surface area contributed by atoms with Crippen LogP contribution in [0.15, 0.2) is 60.5 Å². The van der Waals surface area contributed by atoms with E-state index in [1.165, 1.54) is 6.20 Å². The highest BCUT2D eigenvalue weighted by Gasteiger charge is 2.18. The molecule has 1 aliphatic rings. The molecule has 5 nitrogen and oxygen atoms in total. The third kappa shape index (κ3) is 3.01. The van der Waals surface area contributed by atoms with Crippen LogP contribution < -0.4 is 5.32 Å². The van der Waals surface area contributed by atoms with Gasteiger partial charge in [0.15, 0.2) is 0 Å². The third-order valence-electron chi connectivity index (χ3n) is 3.85. The average Bonchev–Trinajstić information content (AvgIpc) is 2.59. The number of aromatic hydroxyl groups is 1. The smallest absolute Gasteiger partial charge is 0.136 e. The van der Waals surface area contributed by atoms with Crippen molar-refractivity contribution in [2.45, 2.75) is 6.54 Å². The van der Waals surface area contributed by atoms with Crippen LogP contribution in [0.4, 0.5) is 0 Å². The lowest BCUT2D eigenvalue weighted by Gasteiger charge is -2.21. The summed E-state index contributed by atoms with van der Waals surface area (Å²) in [6.07, 6.45) is 5.36. The standard InChI is InChI=1S/C19H20N4O/c1-4-21-19(23(2)3)14-9-16-17(11-20-12-18(16)22-10-14)13-5-7-15(24)8-6-13/h4-11,20,24H,1,12H2,2-3H3. The molecule has 1 aromatic heterocycles. The van der Waals surface area contributed by atoms with Crippen molar-refractivity contribution in [1.82, 2.24) is 15.2 Å². The summed E-state index contributed by atoms with van der Waals surface area (Å²) in [6, 6.07) is 9.27. The lowest BCUT2D eigenvalue weighted by Crippen LogP contribution is -2.24. The van der Waals surface area contributed by atoms with E-state index in [1.54, 1.807) is 12.1 Å². The van der Waals surface area contributed by atoms with Crippen molar-refractivity contribution < 1.29 is 5.11 Å². The van der Waals surface area contributed by atoms with Crippen molar-refractivity contribution in [3.05, 3.63) is 77.9 Å². The van der Waals surface area contributed by atoms with E-state index < -0.39 is 0 Å². The number of hydrogen-bond acceptors (Lipinski definition) is 4. The van der Waals surface area contributed by atoms with E-state index in [2.05, 4.69) is 27.9 Å². The van der Waals surface area contributed by atoms with Crippen LogP contribution in [0, 0.1) is 0 Å². The van der Waals surface area contributed by atoms with Gasteiger partial charge in [-0.2, -0.15) is 0 Å². The molecule has 1 aliphatic heterocycles. The molecule has 0 saturated heterocycles.